The number of nitrogens with zero attached hydrogens (tertiary/aromatic N) is 7. The molecule has 0 radical (unpaired) electrons. The third-order valence-corrected chi connectivity index (χ3v) is 8.09. The Bertz CT molecular complexity index is 1260. The Balaban J connectivity index is 1.24. The molecule has 0 amide bonds. The lowest BCUT2D eigenvalue weighted by molar-refractivity contribution is 0.0610. The van der Waals surface area contributed by atoms with Crippen LogP contribution in [0.1, 0.15) is 38.7 Å². The number of hydrogen-bond acceptors (Lipinski definition) is 7. The van der Waals surface area contributed by atoms with E-state index in [1.54, 1.807) is 0 Å². The first-order valence-electron chi connectivity index (χ1n) is 12.9. The summed E-state index contributed by atoms with van der Waals surface area (Å²) in [4.78, 5) is 33.5. The van der Waals surface area contributed by atoms with Crippen LogP contribution in [0.15, 0.2) is 35.4 Å². The number of rotatable bonds is 6. The van der Waals surface area contributed by atoms with Gasteiger partial charge in [0.05, 0.1) is 0 Å². The maximum absolute atomic E-state index is 12.6. The van der Waals surface area contributed by atoms with E-state index in [9.17, 15) is 4.79 Å². The van der Waals surface area contributed by atoms with Crippen LogP contribution < -0.4 is 10.5 Å². The molecule has 2 aromatic heterocycles. The van der Waals surface area contributed by atoms with Crippen LogP contribution in [0.3, 0.4) is 0 Å². The molecule has 0 aliphatic carbocycles. The topological polar surface area (TPSA) is 70.4 Å². The summed E-state index contributed by atoms with van der Waals surface area (Å²) in [5.74, 6) is 0.626. The lowest BCUT2D eigenvalue weighted by Gasteiger charge is -2.47. The lowest BCUT2D eigenvalue weighted by atomic mass is 9.98. The highest BCUT2D eigenvalue weighted by Gasteiger charge is 2.34. The van der Waals surface area contributed by atoms with E-state index in [-0.39, 0.29) is 16.2 Å². The predicted octanol–water partition coefficient (Wildman–Crippen LogP) is 4.08. The van der Waals surface area contributed by atoms with Gasteiger partial charge in [0.15, 0.2) is 22.1 Å². The second-order valence-electron chi connectivity index (χ2n) is 9.73. The van der Waals surface area contributed by atoms with E-state index >= 15 is 0 Å². The molecule has 0 spiro atoms. The van der Waals surface area contributed by atoms with Gasteiger partial charge in [-0.05, 0) is 57.0 Å². The fourth-order valence-corrected chi connectivity index (χ4v) is 5.91. The zero-order chi connectivity index (χ0) is 25.2. The number of fused-ring (bicyclic) bond motifs is 1. The number of piperidine rings is 1. The number of aromatic nitrogens is 4. The molecule has 10 heteroatoms. The lowest BCUT2D eigenvalue weighted by Crippen LogP contribution is -2.58. The number of anilines is 1. The summed E-state index contributed by atoms with van der Waals surface area (Å²) in [6, 6.07) is 9.19. The molecule has 2 fully saturated rings. The molecule has 4 heterocycles. The van der Waals surface area contributed by atoms with Crippen molar-refractivity contribution in [3.8, 4) is 0 Å². The van der Waals surface area contributed by atoms with E-state index in [4.69, 9.17) is 23.2 Å². The summed E-state index contributed by atoms with van der Waals surface area (Å²) in [5, 5.41) is 1.06. The van der Waals surface area contributed by atoms with E-state index in [1.807, 2.05) is 19.1 Å². The average molecular weight is 531 g/mol. The normalized spacial score (nSPS) is 20.3. The highest BCUT2D eigenvalue weighted by molar-refractivity contribution is 6.32. The zero-order valence-electron chi connectivity index (χ0n) is 20.9. The molecule has 2 aliphatic rings. The standard InChI is InChI=1S/C26H33Cl2N7O/c1-3-20-16-34(25-23(28)30-22-24(31-25)29-17-33(4-2)26(22)36)13-14-35(20)21-9-11-32(12-10-21)15-18-5-7-19(27)8-6-18/h5-8,17,20-21H,3-4,9-16H2,1-2H3/t20-/m0/s1. The van der Waals surface area contributed by atoms with Gasteiger partial charge in [0.1, 0.15) is 6.33 Å². The van der Waals surface area contributed by atoms with Gasteiger partial charge in [-0.3, -0.25) is 19.2 Å². The van der Waals surface area contributed by atoms with Crippen LogP contribution in [-0.2, 0) is 13.1 Å². The number of piperazine rings is 1. The molecule has 2 saturated heterocycles. The summed E-state index contributed by atoms with van der Waals surface area (Å²) >= 11 is 12.6. The SMILES string of the molecule is CC[C@H]1CN(c2nc3ncn(CC)c(=O)c3nc2Cl)CCN1C1CCN(Cc2ccc(Cl)cc2)CC1. The van der Waals surface area contributed by atoms with Crippen LogP contribution in [0, 0.1) is 0 Å². The smallest absolute Gasteiger partial charge is 0.281 e. The summed E-state index contributed by atoms with van der Waals surface area (Å²) in [6.45, 7) is 10.5. The van der Waals surface area contributed by atoms with Gasteiger partial charge in [-0.15, -0.1) is 0 Å². The largest absolute Gasteiger partial charge is 0.351 e. The highest BCUT2D eigenvalue weighted by atomic mass is 35.5. The first-order valence-corrected chi connectivity index (χ1v) is 13.6. The minimum Gasteiger partial charge on any atom is -0.351 e. The molecule has 1 atom stereocenters. The molecule has 0 bridgehead atoms. The highest BCUT2D eigenvalue weighted by Crippen LogP contribution is 2.29. The Morgan fingerprint density at radius 1 is 1.00 bits per heavy atom. The van der Waals surface area contributed by atoms with E-state index in [1.165, 1.54) is 29.3 Å². The van der Waals surface area contributed by atoms with Crippen molar-refractivity contribution in [2.75, 3.05) is 37.6 Å². The minimum absolute atomic E-state index is 0.206. The monoisotopic (exact) mass is 529 g/mol. The molecule has 0 saturated carbocycles. The van der Waals surface area contributed by atoms with Crippen molar-refractivity contribution in [2.45, 2.75) is 58.3 Å². The van der Waals surface area contributed by atoms with Crippen LogP contribution >= 0.6 is 23.2 Å². The van der Waals surface area contributed by atoms with Gasteiger partial charge < -0.3 is 4.90 Å². The van der Waals surface area contributed by atoms with Crippen molar-refractivity contribution in [3.63, 3.8) is 0 Å². The molecule has 36 heavy (non-hydrogen) atoms. The molecular formula is C26H33Cl2N7O. The second kappa shape index (κ2) is 11.0. The molecule has 0 N–H and O–H groups in total. The van der Waals surface area contributed by atoms with Gasteiger partial charge in [0.2, 0.25) is 0 Å². The predicted molar refractivity (Wildman–Crippen MR) is 145 cm³/mol. The zero-order valence-corrected chi connectivity index (χ0v) is 22.4. The first kappa shape index (κ1) is 25.4. The van der Waals surface area contributed by atoms with Gasteiger partial charge in [0.25, 0.3) is 5.56 Å². The van der Waals surface area contributed by atoms with Gasteiger partial charge >= 0.3 is 0 Å². The molecular weight excluding hydrogens is 497 g/mol. The Labute approximate surface area is 221 Å². The molecule has 8 nitrogen and oxygen atoms in total. The van der Waals surface area contributed by atoms with Crippen molar-refractivity contribution in [2.24, 2.45) is 0 Å². The average Bonchev–Trinajstić information content (AvgIpc) is 2.90. The van der Waals surface area contributed by atoms with Crippen LogP contribution in [0.25, 0.3) is 11.2 Å². The maximum Gasteiger partial charge on any atom is 0.281 e. The van der Waals surface area contributed by atoms with Crippen LogP contribution in [0.2, 0.25) is 10.2 Å². The molecule has 0 unspecified atom stereocenters. The third-order valence-electron chi connectivity index (χ3n) is 7.59. The molecule has 1 aromatic carbocycles. The number of benzene rings is 1. The molecule has 3 aromatic rings. The number of likely N-dealkylation sites (tertiary alicyclic amines) is 1. The van der Waals surface area contributed by atoms with Crippen molar-refractivity contribution in [1.82, 2.24) is 29.3 Å². The Morgan fingerprint density at radius 3 is 2.44 bits per heavy atom. The van der Waals surface area contributed by atoms with Crippen LogP contribution in [-0.4, -0.2) is 74.1 Å². The van der Waals surface area contributed by atoms with Crippen LogP contribution in [0.5, 0.6) is 0 Å². The summed E-state index contributed by atoms with van der Waals surface area (Å²) in [7, 11) is 0. The first-order chi connectivity index (χ1) is 17.5. The number of halogens is 2. The minimum atomic E-state index is -0.206. The summed E-state index contributed by atoms with van der Waals surface area (Å²) in [6.07, 6.45) is 4.94. The van der Waals surface area contributed by atoms with Gasteiger partial charge in [-0.25, -0.2) is 15.0 Å². The van der Waals surface area contributed by atoms with Crippen molar-refractivity contribution in [1.29, 1.82) is 0 Å². The Hall–Kier alpha value is -2.26. The van der Waals surface area contributed by atoms with Gasteiger partial charge in [0, 0.05) is 49.8 Å². The van der Waals surface area contributed by atoms with E-state index in [2.05, 4.69) is 48.7 Å². The maximum atomic E-state index is 12.6. The quantitative estimate of drug-likeness (QED) is 0.476. The molecule has 2 aliphatic heterocycles. The summed E-state index contributed by atoms with van der Waals surface area (Å²) in [5.41, 5.74) is 1.69. The van der Waals surface area contributed by atoms with E-state index < -0.39 is 0 Å². The van der Waals surface area contributed by atoms with E-state index in [0.717, 1.165) is 50.7 Å². The Morgan fingerprint density at radius 2 is 1.75 bits per heavy atom. The molecule has 192 valence electrons. The molecule has 5 rings (SSSR count). The number of hydrogen-bond donors (Lipinski definition) is 0. The number of aryl methyl sites for hydroxylation is 1. The van der Waals surface area contributed by atoms with E-state index in [0.29, 0.717) is 30.1 Å². The Kier molecular flexibility index (Phi) is 7.76. The van der Waals surface area contributed by atoms with Gasteiger partial charge in [-0.1, -0.05) is 42.3 Å². The summed E-state index contributed by atoms with van der Waals surface area (Å²) < 4.78 is 1.51. The fourth-order valence-electron chi connectivity index (χ4n) is 5.53. The fraction of sp³-hybridized carbons (Fsp3) is 0.538. The van der Waals surface area contributed by atoms with Crippen molar-refractivity contribution in [3.05, 3.63) is 56.7 Å². The van der Waals surface area contributed by atoms with Crippen molar-refractivity contribution < 1.29 is 0 Å². The third kappa shape index (κ3) is 5.23. The second-order valence-corrected chi connectivity index (χ2v) is 10.5. The van der Waals surface area contributed by atoms with Gasteiger partial charge in [-0.2, -0.15) is 0 Å². The van der Waals surface area contributed by atoms with Crippen molar-refractivity contribution >= 4 is 40.2 Å². The van der Waals surface area contributed by atoms with Crippen LogP contribution in [0.4, 0.5) is 5.82 Å².